The summed E-state index contributed by atoms with van der Waals surface area (Å²) >= 11 is 0. The fourth-order valence-electron chi connectivity index (χ4n) is 3.14. The first-order valence-electron chi connectivity index (χ1n) is 8.43. The maximum Gasteiger partial charge on any atom is 0.268 e. The fraction of sp³-hybridized carbons (Fsp3) is 0.350. The zero-order valence-corrected chi connectivity index (χ0v) is 14.5. The van der Waals surface area contributed by atoms with Crippen molar-refractivity contribution in [1.82, 2.24) is 0 Å². The molecular weight excluding hydrogens is 300 g/mol. The van der Waals surface area contributed by atoms with E-state index in [9.17, 15) is 4.79 Å². The van der Waals surface area contributed by atoms with Gasteiger partial charge >= 0.3 is 0 Å². The Morgan fingerprint density at radius 2 is 1.96 bits per heavy atom. The number of amides is 1. The van der Waals surface area contributed by atoms with Gasteiger partial charge in [-0.25, -0.2) is 0 Å². The minimum absolute atomic E-state index is 0.0101. The molecule has 1 aliphatic rings. The molecule has 0 bridgehead atoms. The van der Waals surface area contributed by atoms with Gasteiger partial charge < -0.3 is 15.4 Å². The summed E-state index contributed by atoms with van der Waals surface area (Å²) in [5.41, 5.74) is 10.8. The van der Waals surface area contributed by atoms with Crippen LogP contribution in [-0.2, 0) is 11.2 Å². The Kier molecular flexibility index (Phi) is 4.47. The van der Waals surface area contributed by atoms with Gasteiger partial charge in [0.25, 0.3) is 5.91 Å². The van der Waals surface area contributed by atoms with Crippen molar-refractivity contribution >= 4 is 17.3 Å². The van der Waals surface area contributed by atoms with Crippen molar-refractivity contribution in [1.29, 1.82) is 0 Å². The third-order valence-electron chi connectivity index (χ3n) is 4.44. The first-order chi connectivity index (χ1) is 11.5. The molecule has 1 amide bonds. The maximum absolute atomic E-state index is 13.0. The maximum atomic E-state index is 13.0. The van der Waals surface area contributed by atoms with Gasteiger partial charge in [-0.05, 0) is 49.6 Å². The summed E-state index contributed by atoms with van der Waals surface area (Å²) in [6.45, 7) is 6.87. The molecule has 0 saturated carbocycles. The number of ether oxygens (including phenoxy) is 1. The lowest BCUT2D eigenvalue weighted by molar-refractivity contribution is -0.126. The summed E-state index contributed by atoms with van der Waals surface area (Å²) in [5.74, 6) is 0.739. The second-order valence-electron chi connectivity index (χ2n) is 6.46. The highest BCUT2D eigenvalue weighted by Crippen LogP contribution is 2.36. The summed E-state index contributed by atoms with van der Waals surface area (Å²) in [6.07, 6.45) is 0.972. The summed E-state index contributed by atoms with van der Waals surface area (Å²) in [7, 11) is 0. The van der Waals surface area contributed by atoms with Crippen LogP contribution in [0.2, 0.25) is 0 Å². The standard InChI is InChI=1S/C20H24N2O2/c1-4-9-22-17-12-16(21)7-8-18(17)24-19(20(22)23)11-15-10-13(2)5-6-14(15)3/h5-8,10,12,19H,4,9,11,21H2,1-3H3. The second kappa shape index (κ2) is 6.56. The molecule has 3 rings (SSSR count). The molecule has 0 aliphatic carbocycles. The molecule has 126 valence electrons. The van der Waals surface area contributed by atoms with Crippen LogP contribution in [-0.4, -0.2) is 18.6 Å². The Labute approximate surface area is 143 Å². The minimum Gasteiger partial charge on any atom is -0.478 e. The predicted molar refractivity (Wildman–Crippen MR) is 97.5 cm³/mol. The van der Waals surface area contributed by atoms with Gasteiger partial charge in [-0.1, -0.05) is 30.7 Å². The number of rotatable bonds is 4. The predicted octanol–water partition coefficient (Wildman–Crippen LogP) is 3.63. The fourth-order valence-corrected chi connectivity index (χ4v) is 3.14. The quantitative estimate of drug-likeness (QED) is 0.874. The SMILES string of the molecule is CCCN1C(=O)C(Cc2cc(C)ccc2C)Oc2ccc(N)cc21. The third-order valence-corrected chi connectivity index (χ3v) is 4.44. The molecule has 4 heteroatoms. The largest absolute Gasteiger partial charge is 0.478 e. The first kappa shape index (κ1) is 16.4. The molecule has 2 aromatic rings. The molecule has 0 radical (unpaired) electrons. The number of nitrogen functional groups attached to an aromatic ring is 1. The Morgan fingerprint density at radius 1 is 1.17 bits per heavy atom. The van der Waals surface area contributed by atoms with Crippen LogP contribution in [0.15, 0.2) is 36.4 Å². The van der Waals surface area contributed by atoms with E-state index in [2.05, 4.69) is 39.0 Å². The van der Waals surface area contributed by atoms with E-state index in [1.807, 2.05) is 23.1 Å². The number of nitrogens with zero attached hydrogens (tertiary/aromatic N) is 1. The van der Waals surface area contributed by atoms with E-state index in [-0.39, 0.29) is 5.91 Å². The number of benzene rings is 2. The van der Waals surface area contributed by atoms with E-state index in [0.29, 0.717) is 18.7 Å². The molecule has 4 nitrogen and oxygen atoms in total. The number of hydrogen-bond acceptors (Lipinski definition) is 3. The van der Waals surface area contributed by atoms with Crippen molar-refractivity contribution in [3.63, 3.8) is 0 Å². The monoisotopic (exact) mass is 324 g/mol. The highest BCUT2D eigenvalue weighted by Gasteiger charge is 2.34. The van der Waals surface area contributed by atoms with Crippen molar-refractivity contribution in [3.05, 3.63) is 53.1 Å². The van der Waals surface area contributed by atoms with Crippen LogP contribution in [0, 0.1) is 13.8 Å². The van der Waals surface area contributed by atoms with Crippen LogP contribution in [0.3, 0.4) is 0 Å². The van der Waals surface area contributed by atoms with Gasteiger partial charge in [0, 0.05) is 18.7 Å². The highest BCUT2D eigenvalue weighted by atomic mass is 16.5. The molecule has 0 spiro atoms. The molecular formula is C20H24N2O2. The molecule has 1 unspecified atom stereocenters. The summed E-state index contributed by atoms with van der Waals surface area (Å²) in [6, 6.07) is 11.8. The van der Waals surface area contributed by atoms with Crippen LogP contribution in [0.25, 0.3) is 0 Å². The van der Waals surface area contributed by atoms with Crippen LogP contribution in [0.4, 0.5) is 11.4 Å². The van der Waals surface area contributed by atoms with E-state index in [4.69, 9.17) is 10.5 Å². The van der Waals surface area contributed by atoms with E-state index in [1.165, 1.54) is 11.1 Å². The van der Waals surface area contributed by atoms with Gasteiger partial charge in [0.05, 0.1) is 5.69 Å². The van der Waals surface area contributed by atoms with Crippen LogP contribution >= 0.6 is 0 Å². The van der Waals surface area contributed by atoms with Crippen LogP contribution in [0.1, 0.15) is 30.0 Å². The van der Waals surface area contributed by atoms with Crippen molar-refractivity contribution < 1.29 is 9.53 Å². The lowest BCUT2D eigenvalue weighted by atomic mass is 9.98. The highest BCUT2D eigenvalue weighted by molar-refractivity contribution is 6.00. The first-order valence-corrected chi connectivity index (χ1v) is 8.43. The van der Waals surface area contributed by atoms with E-state index in [0.717, 1.165) is 23.4 Å². The molecule has 1 aliphatic heterocycles. The molecule has 2 aromatic carbocycles. The normalized spacial score (nSPS) is 16.7. The van der Waals surface area contributed by atoms with Gasteiger partial charge in [0.2, 0.25) is 0 Å². The van der Waals surface area contributed by atoms with Gasteiger partial charge in [-0.2, -0.15) is 0 Å². The number of fused-ring (bicyclic) bond motifs is 1. The van der Waals surface area contributed by atoms with Crippen LogP contribution in [0.5, 0.6) is 5.75 Å². The molecule has 2 N–H and O–H groups in total. The van der Waals surface area contributed by atoms with Crippen molar-refractivity contribution in [2.75, 3.05) is 17.2 Å². The summed E-state index contributed by atoms with van der Waals surface area (Å²) in [4.78, 5) is 14.8. The topological polar surface area (TPSA) is 55.6 Å². The van der Waals surface area contributed by atoms with Crippen molar-refractivity contribution in [3.8, 4) is 5.75 Å². The number of hydrogen-bond donors (Lipinski definition) is 1. The molecule has 0 saturated heterocycles. The zero-order valence-electron chi connectivity index (χ0n) is 14.5. The van der Waals surface area contributed by atoms with Gasteiger partial charge in [-0.3, -0.25) is 4.79 Å². The Bertz CT molecular complexity index is 770. The Hall–Kier alpha value is -2.49. The minimum atomic E-state index is -0.492. The molecule has 1 heterocycles. The zero-order chi connectivity index (χ0) is 17.3. The molecule has 0 fully saturated rings. The number of carbonyl (C=O) groups is 1. The lowest BCUT2D eigenvalue weighted by Crippen LogP contribution is -2.47. The smallest absolute Gasteiger partial charge is 0.268 e. The van der Waals surface area contributed by atoms with E-state index in [1.54, 1.807) is 0 Å². The van der Waals surface area contributed by atoms with Crippen molar-refractivity contribution in [2.24, 2.45) is 0 Å². The second-order valence-corrected chi connectivity index (χ2v) is 6.46. The number of aryl methyl sites for hydroxylation is 2. The third kappa shape index (κ3) is 3.09. The van der Waals surface area contributed by atoms with Crippen LogP contribution < -0.4 is 15.4 Å². The summed E-state index contributed by atoms with van der Waals surface area (Å²) < 4.78 is 6.03. The van der Waals surface area contributed by atoms with E-state index < -0.39 is 6.10 Å². The average Bonchev–Trinajstić information content (AvgIpc) is 2.55. The van der Waals surface area contributed by atoms with Gasteiger partial charge in [-0.15, -0.1) is 0 Å². The molecule has 1 atom stereocenters. The average molecular weight is 324 g/mol. The molecule has 24 heavy (non-hydrogen) atoms. The summed E-state index contributed by atoms with van der Waals surface area (Å²) in [5, 5.41) is 0. The Morgan fingerprint density at radius 3 is 2.71 bits per heavy atom. The molecule has 0 aromatic heterocycles. The number of carbonyl (C=O) groups excluding carboxylic acids is 1. The lowest BCUT2D eigenvalue weighted by Gasteiger charge is -2.34. The Balaban J connectivity index is 1.94. The van der Waals surface area contributed by atoms with Gasteiger partial charge in [0.1, 0.15) is 5.75 Å². The van der Waals surface area contributed by atoms with E-state index >= 15 is 0 Å². The van der Waals surface area contributed by atoms with Crippen molar-refractivity contribution in [2.45, 2.75) is 39.7 Å². The number of anilines is 2. The number of nitrogens with two attached hydrogens (primary N) is 1. The van der Waals surface area contributed by atoms with Gasteiger partial charge in [0.15, 0.2) is 6.10 Å².